The molecular weight excluding hydrogens is 191 g/mol. The van der Waals surface area contributed by atoms with E-state index >= 15 is 0 Å². The quantitative estimate of drug-likeness (QED) is 0.360. The summed E-state index contributed by atoms with van der Waals surface area (Å²) in [6.07, 6.45) is 9.61. The molecule has 0 heterocycles. The van der Waals surface area contributed by atoms with Crippen molar-refractivity contribution < 1.29 is 0 Å². The highest BCUT2D eigenvalue weighted by atomic mass is 14.1. The molecule has 1 radical (unpaired) electrons. The molecule has 0 aliphatic heterocycles. The molecule has 0 saturated carbocycles. The van der Waals surface area contributed by atoms with Gasteiger partial charge in [0.25, 0.3) is 0 Å². The highest BCUT2D eigenvalue weighted by molar-refractivity contribution is 6.45. The van der Waals surface area contributed by atoms with Crippen LogP contribution in [0.15, 0.2) is 11.0 Å². The van der Waals surface area contributed by atoms with E-state index in [1.807, 2.05) is 0 Å². The molecule has 0 aromatic heterocycles. The molecule has 0 bridgehead atoms. The van der Waals surface area contributed by atoms with Gasteiger partial charge in [0.2, 0.25) is 0 Å². The van der Waals surface area contributed by atoms with Gasteiger partial charge in [0.15, 0.2) is 0 Å². The molecule has 93 valence electrons. The van der Waals surface area contributed by atoms with Gasteiger partial charge in [0.1, 0.15) is 7.28 Å². The smallest absolute Gasteiger partial charge is 0.113 e. The van der Waals surface area contributed by atoms with Gasteiger partial charge in [0, 0.05) is 0 Å². The average Bonchev–Trinajstić information content (AvgIpc) is 2.24. The van der Waals surface area contributed by atoms with Crippen molar-refractivity contribution in [3.8, 4) is 0 Å². The largest absolute Gasteiger partial charge is 0.145 e. The zero-order chi connectivity index (χ0) is 12.4. The Morgan fingerprint density at radius 1 is 0.938 bits per heavy atom. The summed E-state index contributed by atoms with van der Waals surface area (Å²) in [7, 11) is 2.41. The summed E-state index contributed by atoms with van der Waals surface area (Å²) < 4.78 is 0. The highest BCUT2D eigenvalue weighted by Gasteiger charge is 2.06. The monoisotopic (exact) mass is 221 g/mol. The van der Waals surface area contributed by atoms with Gasteiger partial charge in [0.05, 0.1) is 0 Å². The first-order valence-corrected chi connectivity index (χ1v) is 7.09. The number of hydrogen-bond donors (Lipinski definition) is 0. The van der Waals surface area contributed by atoms with Gasteiger partial charge >= 0.3 is 0 Å². The predicted octanol–water partition coefficient (Wildman–Crippen LogP) is 5.42. The molecule has 0 aromatic rings. The molecule has 0 N–H and O–H groups in total. The van der Waals surface area contributed by atoms with Gasteiger partial charge in [-0.05, 0) is 19.8 Å². The van der Waals surface area contributed by atoms with E-state index < -0.39 is 0 Å². The molecule has 0 fully saturated rings. The standard InChI is InChI=1S/C15H30B/c1-6-9-15(10-7-2)11-8-12-16-14(5)13(3)4/h15H,6-12H2,1-5H3. The Balaban J connectivity index is 3.65. The van der Waals surface area contributed by atoms with Crippen molar-refractivity contribution >= 4 is 7.28 Å². The Bertz CT molecular complexity index is 184. The Hall–Kier alpha value is -0.195. The lowest BCUT2D eigenvalue weighted by Gasteiger charge is -2.14. The van der Waals surface area contributed by atoms with Crippen LogP contribution in [-0.4, -0.2) is 7.28 Å². The maximum atomic E-state index is 2.41. The second kappa shape index (κ2) is 9.99. The van der Waals surface area contributed by atoms with Crippen LogP contribution in [0.1, 0.15) is 73.1 Å². The molecular formula is C15H30B. The Morgan fingerprint density at radius 2 is 1.50 bits per heavy atom. The van der Waals surface area contributed by atoms with Crippen LogP contribution in [0, 0.1) is 5.92 Å². The molecule has 16 heavy (non-hydrogen) atoms. The third-order valence-electron chi connectivity index (χ3n) is 3.45. The molecule has 0 saturated heterocycles. The zero-order valence-electron chi connectivity index (χ0n) is 12.1. The van der Waals surface area contributed by atoms with Gasteiger partial charge in [-0.25, -0.2) is 0 Å². The van der Waals surface area contributed by atoms with E-state index in [1.165, 1.54) is 55.9 Å². The fourth-order valence-corrected chi connectivity index (χ4v) is 2.18. The Morgan fingerprint density at radius 3 is 1.94 bits per heavy atom. The first-order chi connectivity index (χ1) is 7.61. The lowest BCUT2D eigenvalue weighted by molar-refractivity contribution is 0.407. The summed E-state index contributed by atoms with van der Waals surface area (Å²) in [4.78, 5) is 0. The Labute approximate surface area is 104 Å². The minimum Gasteiger partial charge on any atom is -0.113 e. The van der Waals surface area contributed by atoms with Gasteiger partial charge in [-0.15, -0.1) is 5.47 Å². The fourth-order valence-electron chi connectivity index (χ4n) is 2.18. The molecule has 1 heteroatoms. The van der Waals surface area contributed by atoms with Crippen molar-refractivity contribution in [1.82, 2.24) is 0 Å². The van der Waals surface area contributed by atoms with Crippen LogP contribution >= 0.6 is 0 Å². The second-order valence-corrected chi connectivity index (χ2v) is 5.26. The first-order valence-electron chi connectivity index (χ1n) is 7.09. The van der Waals surface area contributed by atoms with Crippen molar-refractivity contribution in [2.45, 2.75) is 79.5 Å². The second-order valence-electron chi connectivity index (χ2n) is 5.26. The molecule has 0 atom stereocenters. The zero-order valence-corrected chi connectivity index (χ0v) is 12.1. The molecule has 0 aliphatic carbocycles. The third-order valence-corrected chi connectivity index (χ3v) is 3.45. The third kappa shape index (κ3) is 8.02. The maximum Gasteiger partial charge on any atom is 0.145 e. The van der Waals surface area contributed by atoms with E-state index in [0.717, 1.165) is 5.92 Å². The highest BCUT2D eigenvalue weighted by Crippen LogP contribution is 2.20. The van der Waals surface area contributed by atoms with Gasteiger partial charge < -0.3 is 0 Å². The van der Waals surface area contributed by atoms with Gasteiger partial charge in [-0.3, -0.25) is 0 Å². The van der Waals surface area contributed by atoms with Crippen LogP contribution in [0.2, 0.25) is 6.32 Å². The summed E-state index contributed by atoms with van der Waals surface area (Å²) in [5.41, 5.74) is 2.93. The summed E-state index contributed by atoms with van der Waals surface area (Å²) in [5, 5.41) is 0. The van der Waals surface area contributed by atoms with Crippen molar-refractivity contribution in [3.63, 3.8) is 0 Å². The fraction of sp³-hybridized carbons (Fsp3) is 0.867. The molecule has 0 spiro atoms. The predicted molar refractivity (Wildman–Crippen MR) is 77.1 cm³/mol. The SMILES string of the molecule is CCCC(CCC)CCC[B]C(C)=C(C)C. The molecule has 0 amide bonds. The van der Waals surface area contributed by atoms with Crippen molar-refractivity contribution in [2.75, 3.05) is 0 Å². The lowest BCUT2D eigenvalue weighted by Crippen LogP contribution is -2.01. The van der Waals surface area contributed by atoms with Crippen LogP contribution < -0.4 is 0 Å². The van der Waals surface area contributed by atoms with Crippen LogP contribution in [0.3, 0.4) is 0 Å². The molecule has 0 unspecified atom stereocenters. The van der Waals surface area contributed by atoms with E-state index in [0.29, 0.717) is 0 Å². The van der Waals surface area contributed by atoms with Crippen molar-refractivity contribution in [2.24, 2.45) is 5.92 Å². The van der Waals surface area contributed by atoms with Gasteiger partial charge in [-0.2, -0.15) is 0 Å². The average molecular weight is 221 g/mol. The minimum atomic E-state index is 0.982. The number of hydrogen-bond acceptors (Lipinski definition) is 0. The molecule has 0 aliphatic rings. The van der Waals surface area contributed by atoms with Crippen LogP contribution in [0.25, 0.3) is 0 Å². The van der Waals surface area contributed by atoms with Crippen LogP contribution in [-0.2, 0) is 0 Å². The van der Waals surface area contributed by atoms with Crippen LogP contribution in [0.5, 0.6) is 0 Å². The van der Waals surface area contributed by atoms with Crippen LogP contribution in [0.4, 0.5) is 0 Å². The molecule has 0 aromatic carbocycles. The summed E-state index contributed by atoms with van der Waals surface area (Å²) in [6, 6.07) is 0. The van der Waals surface area contributed by atoms with Gasteiger partial charge in [-0.1, -0.05) is 71.2 Å². The lowest BCUT2D eigenvalue weighted by atomic mass is 9.64. The van der Waals surface area contributed by atoms with E-state index in [9.17, 15) is 0 Å². The van der Waals surface area contributed by atoms with E-state index in [4.69, 9.17) is 0 Å². The first kappa shape index (κ1) is 15.8. The van der Waals surface area contributed by atoms with E-state index in [2.05, 4.69) is 41.9 Å². The van der Waals surface area contributed by atoms with Crippen molar-refractivity contribution in [1.29, 1.82) is 0 Å². The number of allylic oxidation sites excluding steroid dienone is 2. The topological polar surface area (TPSA) is 0 Å². The summed E-state index contributed by atoms with van der Waals surface area (Å²) in [6.45, 7) is 11.2. The van der Waals surface area contributed by atoms with Crippen molar-refractivity contribution in [3.05, 3.63) is 11.0 Å². The molecule has 0 nitrogen and oxygen atoms in total. The van der Waals surface area contributed by atoms with E-state index in [-0.39, 0.29) is 0 Å². The number of rotatable bonds is 9. The van der Waals surface area contributed by atoms with E-state index in [1.54, 1.807) is 0 Å². The minimum absolute atomic E-state index is 0.982. The maximum absolute atomic E-state index is 2.41. The normalized spacial score (nSPS) is 10.6. The summed E-state index contributed by atoms with van der Waals surface area (Å²) in [5.74, 6) is 0.982. The summed E-state index contributed by atoms with van der Waals surface area (Å²) >= 11 is 0. The molecule has 0 rings (SSSR count). The Kier molecular flexibility index (Phi) is 9.87.